The fourth-order valence-corrected chi connectivity index (χ4v) is 17.6. The van der Waals surface area contributed by atoms with Crippen molar-refractivity contribution in [2.45, 2.75) is 33.2 Å². The molecule has 10 aromatic rings. The number of methoxy groups -OCH3 is 2. The van der Waals surface area contributed by atoms with E-state index in [0.717, 1.165) is 83.1 Å². The second-order valence-corrected chi connectivity index (χ2v) is 36.2. The molecule has 0 aliphatic carbocycles. The van der Waals surface area contributed by atoms with Gasteiger partial charge in [0.05, 0.1) is 132 Å². The summed E-state index contributed by atoms with van der Waals surface area (Å²) in [5.41, 5.74) is -3.78. The van der Waals surface area contributed by atoms with Crippen molar-refractivity contribution in [3.05, 3.63) is 255 Å². The van der Waals surface area contributed by atoms with Gasteiger partial charge in [0.2, 0.25) is 11.6 Å². The minimum absolute atomic E-state index is 0.0000655. The van der Waals surface area contributed by atoms with Gasteiger partial charge in [0.25, 0.3) is 41.9 Å². The van der Waals surface area contributed by atoms with E-state index in [4.69, 9.17) is 115 Å². The maximum absolute atomic E-state index is 13.6. The third kappa shape index (κ3) is 28.0. The molecule has 52 heteroatoms. The van der Waals surface area contributed by atoms with Crippen LogP contribution in [0, 0.1) is 0 Å². The van der Waals surface area contributed by atoms with Crippen LogP contribution in [0.25, 0.3) is 0 Å². The number of hydroxylamine groups is 4. The Morgan fingerprint density at radius 1 is 0.424 bits per heavy atom. The van der Waals surface area contributed by atoms with Crippen molar-refractivity contribution in [3.8, 4) is 0 Å². The molecule has 10 heterocycles. The lowest BCUT2D eigenvalue weighted by atomic mass is 10.1. The quantitative estimate of drug-likeness (QED) is 0.0193. The third-order valence-electron chi connectivity index (χ3n) is 18.5. The minimum Gasteiger partial charge on any atom is -0.378 e. The average Bonchev–Trinajstić information content (AvgIpc) is 0.758. The van der Waals surface area contributed by atoms with Crippen LogP contribution < -0.4 is 28.0 Å². The summed E-state index contributed by atoms with van der Waals surface area (Å²) < 4.78 is 228. The average molecular weight is 2110 g/mol. The lowest BCUT2D eigenvalue weighted by Gasteiger charge is -2.28. The molecule has 0 bridgehead atoms. The van der Waals surface area contributed by atoms with Crippen LogP contribution in [-0.4, -0.2) is 229 Å². The van der Waals surface area contributed by atoms with Crippen molar-refractivity contribution >= 4 is 185 Å². The number of carbonyl (C=O) groups excluding carboxylic acids is 4. The van der Waals surface area contributed by atoms with Gasteiger partial charge in [-0.1, -0.05) is 81.2 Å². The summed E-state index contributed by atoms with van der Waals surface area (Å²) in [6.07, 6.45) is -5.03. The van der Waals surface area contributed by atoms with Crippen LogP contribution >= 0.6 is 97.1 Å². The highest BCUT2D eigenvalue weighted by atomic mass is 79.9. The molecule has 0 unspecified atom stereocenters. The first-order valence-corrected chi connectivity index (χ1v) is 45.5. The van der Waals surface area contributed by atoms with Crippen LogP contribution in [-0.2, 0) is 82.0 Å². The van der Waals surface area contributed by atoms with Crippen LogP contribution in [0.4, 0.5) is 74.0 Å². The summed E-state index contributed by atoms with van der Waals surface area (Å²) in [4.78, 5) is 92.4. The number of nitrogens with one attached hydrogen (secondary N) is 1. The SMILES string of the molecule is COCN(c1cc(Cl)cnc1Br)S(=O)(=O)c1ccc(Cl)c(C(F)(F)F)c1.COCN(c1cc(Cl)cnc1C(=O)c1ccnc(N2CCOCC2)c1)S(=O)(=O)c1ccc(Cl)c(C(F)(F)F)c1.CON(C)C(=O)c1ccnc(Cl)c1.CON(C)C(=O)c1ccnc(N2CCOCC2)c1.O=C(c1ccnc(N2CCOCC2)c1)c1ncc(Cl)cc1NS(=O)(=O)c1ccc(Cl)c(C(F)(F)F)c1. The van der Waals surface area contributed by atoms with E-state index < -0.39 is 120 Å². The summed E-state index contributed by atoms with van der Waals surface area (Å²) in [6.45, 7) is 6.12. The highest BCUT2D eigenvalue weighted by Gasteiger charge is 2.40. The number of nitrogens with zero attached hydrogens (tertiary/aromatic N) is 14. The zero-order valence-corrected chi connectivity index (χ0v) is 78.7. The van der Waals surface area contributed by atoms with Crippen molar-refractivity contribution < 1.29 is 117 Å². The van der Waals surface area contributed by atoms with Crippen LogP contribution in [0.5, 0.6) is 0 Å². The van der Waals surface area contributed by atoms with E-state index in [1.54, 1.807) is 31.4 Å². The lowest BCUT2D eigenvalue weighted by Crippen LogP contribution is -2.37. The molecule has 3 saturated heterocycles. The molecule has 32 nitrogen and oxygen atoms in total. The van der Waals surface area contributed by atoms with Crippen molar-refractivity contribution in [2.75, 3.05) is 163 Å². The first-order chi connectivity index (χ1) is 62.2. The van der Waals surface area contributed by atoms with Crippen LogP contribution in [0.2, 0.25) is 35.3 Å². The topological polar surface area (TPSA) is 360 Å². The molecule has 0 saturated carbocycles. The number of halogens is 17. The highest BCUT2D eigenvalue weighted by molar-refractivity contribution is 9.10. The Bertz CT molecular complexity index is 6150. The maximum Gasteiger partial charge on any atom is 0.417 e. The number of pyridine rings is 7. The Hall–Kier alpha value is -9.76. The smallest absolute Gasteiger partial charge is 0.378 e. The molecule has 13 rings (SSSR count). The number of anilines is 6. The number of hydrogen-bond acceptors (Lipinski definition) is 27. The Balaban J connectivity index is 0.000000194. The van der Waals surface area contributed by atoms with Gasteiger partial charge in [-0.05, 0) is 137 Å². The first-order valence-electron chi connectivity index (χ1n) is 37.7. The normalized spacial score (nSPS) is 13.7. The number of ether oxygens (including phenoxy) is 5. The molecule has 1 N–H and O–H groups in total. The molecule has 3 aliphatic rings. The number of alkyl halides is 9. The van der Waals surface area contributed by atoms with E-state index in [1.165, 1.54) is 108 Å². The molecule has 708 valence electrons. The van der Waals surface area contributed by atoms with Crippen molar-refractivity contribution in [2.24, 2.45) is 0 Å². The number of amides is 2. The fraction of sp³-hybridized carbons (Fsp3) is 0.287. The molecule has 2 amide bonds. The number of morpholine rings is 3. The van der Waals surface area contributed by atoms with Crippen LogP contribution in [0.3, 0.4) is 0 Å². The largest absolute Gasteiger partial charge is 0.417 e. The third-order valence-corrected chi connectivity index (χ3v) is 25.8. The summed E-state index contributed by atoms with van der Waals surface area (Å²) in [5, 5.41) is 0.768. The molecule has 0 radical (unpaired) electrons. The zero-order valence-electron chi connectivity index (χ0n) is 69.3. The van der Waals surface area contributed by atoms with E-state index in [1.807, 2.05) is 9.80 Å². The number of ketones is 2. The second kappa shape index (κ2) is 46.9. The van der Waals surface area contributed by atoms with Gasteiger partial charge in [0.15, 0.2) is 0 Å². The van der Waals surface area contributed by atoms with Gasteiger partial charge in [-0.3, -0.25) is 33.6 Å². The monoisotopic (exact) mass is 2110 g/mol. The number of sulfonamides is 3. The van der Waals surface area contributed by atoms with Crippen LogP contribution in [0.1, 0.15) is 69.5 Å². The molecule has 3 aromatic carbocycles. The number of carbonyl (C=O) groups is 4. The van der Waals surface area contributed by atoms with Gasteiger partial charge in [0.1, 0.15) is 52.1 Å². The van der Waals surface area contributed by atoms with Gasteiger partial charge in [-0.2, -0.15) is 39.5 Å². The van der Waals surface area contributed by atoms with Crippen molar-refractivity contribution in [1.82, 2.24) is 45.0 Å². The molecule has 0 atom stereocenters. The summed E-state index contributed by atoms with van der Waals surface area (Å²) in [6, 6.07) is 22.7. The van der Waals surface area contributed by atoms with Gasteiger partial charge in [-0.25, -0.2) is 78.9 Å². The molecule has 3 aliphatic heterocycles. The van der Waals surface area contributed by atoms with Crippen LogP contribution in [0.15, 0.2) is 184 Å². The molecule has 3 fully saturated rings. The minimum atomic E-state index is -4.91. The summed E-state index contributed by atoms with van der Waals surface area (Å²) in [5.74, 6) is 0.0909. The van der Waals surface area contributed by atoms with Gasteiger partial charge >= 0.3 is 18.5 Å². The van der Waals surface area contributed by atoms with E-state index >= 15 is 0 Å². The number of rotatable bonds is 24. The van der Waals surface area contributed by atoms with E-state index in [2.05, 4.69) is 60.4 Å². The van der Waals surface area contributed by atoms with Gasteiger partial charge in [-0.15, -0.1) is 0 Å². The van der Waals surface area contributed by atoms with E-state index in [0.29, 0.717) is 111 Å². The Labute approximate surface area is 792 Å². The number of aromatic nitrogens is 7. The first kappa shape index (κ1) is 106. The van der Waals surface area contributed by atoms with Gasteiger partial charge in [0, 0.05) is 133 Å². The Morgan fingerprint density at radius 3 is 1.15 bits per heavy atom. The summed E-state index contributed by atoms with van der Waals surface area (Å²) >= 11 is 43.4. The van der Waals surface area contributed by atoms with E-state index in [-0.39, 0.29) is 76.2 Å². The fourth-order valence-electron chi connectivity index (χ4n) is 11.9. The van der Waals surface area contributed by atoms with Crippen molar-refractivity contribution in [3.63, 3.8) is 0 Å². The molecule has 0 spiro atoms. The molecule has 132 heavy (non-hydrogen) atoms. The molecular formula is C80H74BrCl7F9N15O17S3. The Morgan fingerprint density at radius 2 is 0.758 bits per heavy atom. The lowest BCUT2D eigenvalue weighted by molar-refractivity contribution is -0.138. The van der Waals surface area contributed by atoms with E-state index in [9.17, 15) is 83.9 Å². The maximum atomic E-state index is 13.6. The van der Waals surface area contributed by atoms with Crippen molar-refractivity contribution in [1.29, 1.82) is 0 Å². The molecular weight excluding hydrogens is 2040 g/mol. The standard InChI is InChI=1S/C24H21Cl2F3N4O5S.C22H17Cl2F3N4O4S.C14H10BrCl2F3N2O3S.C12H17N3O3.C8H9ClN2O2/c1-37-14-33(39(35,36)17-2-3-19(26)18(12-17)24(27,28)29)20-11-16(25)13-31-22(20)23(34)15-4-5-30-21(10-15)32-6-8-38-9-7-32;23-14-10-18(30-36(33,34)15-1-2-17(24)16(11-15)22(25,26)27)20(29-12-14)21(32)13-3-4-28-19(9-13)31-5-7-35-8-6-31;1-25-7-22(12-4-8(16)6-21-13(12)15)26(23,24)9-2-3-11(17)10(5-9)14(18,19)20;1-14(17-2)12(16)10-3-4-13-11(9-10)15-5-7-18-8-6-15;1-11(13-2)8(12)6-3-4-10-7(9)5-6/h2-5,10-13H,6-9,14H2,1H3;1-4,9-12,30H,5-8H2;2-6H,7H2,1H3;3-4,9H,5-8H2,1-2H3;3-5H,1-2H3. The predicted molar refractivity (Wildman–Crippen MR) is 475 cm³/mol. The zero-order chi connectivity index (χ0) is 97.0. The van der Waals surface area contributed by atoms with Gasteiger partial charge < -0.3 is 38.4 Å². The molecule has 7 aromatic heterocycles. The number of benzene rings is 3. The predicted octanol–water partition coefficient (Wildman–Crippen LogP) is 16.2. The highest BCUT2D eigenvalue weighted by Crippen LogP contribution is 2.42. The number of hydrogen-bond donors (Lipinski definition) is 1. The second-order valence-electron chi connectivity index (χ2n) is 27.1. The summed E-state index contributed by atoms with van der Waals surface area (Å²) in [7, 11) is -5.35. The Kier molecular flexibility index (Phi) is 37.7.